The number of aromatic nitrogens is 5. The molecule has 1 aromatic carbocycles. The van der Waals surface area contributed by atoms with Gasteiger partial charge in [-0.05, 0) is 36.6 Å². The van der Waals surface area contributed by atoms with E-state index in [-0.39, 0.29) is 5.91 Å². The zero-order valence-corrected chi connectivity index (χ0v) is 18.9. The van der Waals surface area contributed by atoms with E-state index in [1.165, 1.54) is 0 Å². The third-order valence-electron chi connectivity index (χ3n) is 5.30. The van der Waals surface area contributed by atoms with Crippen LogP contribution < -0.4 is 10.8 Å². The summed E-state index contributed by atoms with van der Waals surface area (Å²) in [5.74, 6) is 0.171. The molecule has 0 radical (unpaired) electrons. The maximum absolute atomic E-state index is 11.0. The van der Waals surface area contributed by atoms with E-state index in [1.54, 1.807) is 17.9 Å². The van der Waals surface area contributed by atoms with Crippen molar-refractivity contribution in [3.05, 3.63) is 65.7 Å². The van der Waals surface area contributed by atoms with Gasteiger partial charge < -0.3 is 9.88 Å². The van der Waals surface area contributed by atoms with Crippen LogP contribution in [0.15, 0.2) is 55.1 Å². The number of hydroxylamine groups is 1. The van der Waals surface area contributed by atoms with Crippen LogP contribution in [0.2, 0.25) is 5.02 Å². The number of aryl methyl sites for hydroxylation is 1. The number of anilines is 2. The fourth-order valence-electron chi connectivity index (χ4n) is 3.64. The van der Waals surface area contributed by atoms with Gasteiger partial charge >= 0.3 is 0 Å². The van der Waals surface area contributed by atoms with Gasteiger partial charge in [0.15, 0.2) is 0 Å². The standard InChI is InChI=1S/C23H26ClN7O2/c24-19-7-5-6-17(12-19)15-30-11-9-18-13-25-23(28-22(18)30)27-20-14-26-31(16-20)10-4-2-1-3-8-21(32)29-33/h5-7,9,11-14,16,33H,1-4,8,10,15H2,(H,29,32)(H,25,27,28). The van der Waals surface area contributed by atoms with Crippen LogP contribution >= 0.6 is 11.6 Å². The number of carbonyl (C=O) groups is 1. The molecule has 4 aromatic rings. The minimum absolute atomic E-state index is 0.338. The molecule has 0 bridgehead atoms. The van der Waals surface area contributed by atoms with Gasteiger partial charge in [0.2, 0.25) is 11.9 Å². The molecule has 3 aromatic heterocycles. The van der Waals surface area contributed by atoms with Crippen LogP contribution in [-0.2, 0) is 17.9 Å². The van der Waals surface area contributed by atoms with E-state index in [1.807, 2.05) is 47.4 Å². The summed E-state index contributed by atoms with van der Waals surface area (Å²) in [5.41, 5.74) is 4.42. The molecule has 0 aliphatic heterocycles. The Labute approximate surface area is 196 Å². The average molecular weight is 468 g/mol. The first-order chi connectivity index (χ1) is 16.1. The molecule has 0 atom stereocenters. The topological polar surface area (TPSA) is 110 Å². The number of benzene rings is 1. The van der Waals surface area contributed by atoms with Gasteiger partial charge in [0, 0.05) is 48.5 Å². The molecule has 33 heavy (non-hydrogen) atoms. The predicted molar refractivity (Wildman–Crippen MR) is 127 cm³/mol. The molecule has 1 amide bonds. The third-order valence-corrected chi connectivity index (χ3v) is 5.53. The number of nitrogens with one attached hydrogen (secondary N) is 2. The van der Waals surface area contributed by atoms with Crippen LogP contribution in [0.4, 0.5) is 11.6 Å². The Hall–Kier alpha value is -3.43. The van der Waals surface area contributed by atoms with Gasteiger partial charge in [0.1, 0.15) is 5.65 Å². The van der Waals surface area contributed by atoms with Crippen molar-refractivity contribution in [3.8, 4) is 0 Å². The van der Waals surface area contributed by atoms with Crippen LogP contribution in [0.3, 0.4) is 0 Å². The number of fused-ring (bicyclic) bond motifs is 1. The van der Waals surface area contributed by atoms with E-state index >= 15 is 0 Å². The summed E-state index contributed by atoms with van der Waals surface area (Å²) in [5, 5.41) is 17.8. The zero-order chi connectivity index (χ0) is 23.0. The number of hydrogen-bond acceptors (Lipinski definition) is 6. The van der Waals surface area contributed by atoms with Gasteiger partial charge in [0.05, 0.1) is 11.9 Å². The van der Waals surface area contributed by atoms with Crippen molar-refractivity contribution in [3.63, 3.8) is 0 Å². The smallest absolute Gasteiger partial charge is 0.243 e. The molecule has 0 unspecified atom stereocenters. The largest absolute Gasteiger partial charge is 0.328 e. The third kappa shape index (κ3) is 6.30. The van der Waals surface area contributed by atoms with Crippen molar-refractivity contribution < 1.29 is 10.0 Å². The number of nitrogens with zero attached hydrogens (tertiary/aromatic N) is 5. The molecule has 0 saturated carbocycles. The van der Waals surface area contributed by atoms with Crippen molar-refractivity contribution in [2.24, 2.45) is 0 Å². The first kappa shape index (κ1) is 22.8. The van der Waals surface area contributed by atoms with Crippen molar-refractivity contribution >= 4 is 40.2 Å². The van der Waals surface area contributed by atoms with Crippen LogP contribution in [0, 0.1) is 0 Å². The van der Waals surface area contributed by atoms with Gasteiger partial charge in [-0.15, -0.1) is 0 Å². The van der Waals surface area contributed by atoms with Crippen LogP contribution in [-0.4, -0.2) is 35.4 Å². The maximum atomic E-state index is 11.0. The molecule has 0 aliphatic rings. The van der Waals surface area contributed by atoms with E-state index in [0.717, 1.165) is 54.5 Å². The lowest BCUT2D eigenvalue weighted by Gasteiger charge is -2.07. The number of unbranched alkanes of at least 4 members (excludes halogenated alkanes) is 3. The molecule has 3 heterocycles. The van der Waals surface area contributed by atoms with Gasteiger partial charge in [-0.3, -0.25) is 14.7 Å². The minimum Gasteiger partial charge on any atom is -0.328 e. The average Bonchev–Trinajstić information content (AvgIpc) is 3.42. The fourth-order valence-corrected chi connectivity index (χ4v) is 3.85. The molecule has 172 valence electrons. The summed E-state index contributed by atoms with van der Waals surface area (Å²) >= 11 is 6.12. The summed E-state index contributed by atoms with van der Waals surface area (Å²) in [4.78, 5) is 20.1. The molecule has 0 saturated heterocycles. The summed E-state index contributed by atoms with van der Waals surface area (Å²) < 4.78 is 3.95. The Morgan fingerprint density at radius 3 is 2.85 bits per heavy atom. The number of halogens is 1. The van der Waals surface area contributed by atoms with Gasteiger partial charge in [0.25, 0.3) is 0 Å². The molecule has 0 spiro atoms. The van der Waals surface area contributed by atoms with Crippen LogP contribution in [0.5, 0.6) is 0 Å². The second kappa shape index (κ2) is 10.9. The van der Waals surface area contributed by atoms with E-state index in [4.69, 9.17) is 21.8 Å². The monoisotopic (exact) mass is 467 g/mol. The second-order valence-electron chi connectivity index (χ2n) is 7.86. The lowest BCUT2D eigenvalue weighted by atomic mass is 10.1. The fraction of sp³-hybridized carbons (Fsp3) is 0.304. The van der Waals surface area contributed by atoms with Crippen molar-refractivity contribution in [2.75, 3.05) is 5.32 Å². The highest BCUT2D eigenvalue weighted by Gasteiger charge is 2.08. The number of rotatable bonds is 11. The van der Waals surface area contributed by atoms with Gasteiger partial charge in [-0.1, -0.05) is 36.6 Å². The molecule has 9 nitrogen and oxygen atoms in total. The number of hydrogen-bond donors (Lipinski definition) is 3. The molecular weight excluding hydrogens is 442 g/mol. The van der Waals surface area contributed by atoms with Crippen LogP contribution in [0.25, 0.3) is 11.0 Å². The highest BCUT2D eigenvalue weighted by Crippen LogP contribution is 2.20. The second-order valence-corrected chi connectivity index (χ2v) is 8.30. The lowest BCUT2D eigenvalue weighted by molar-refractivity contribution is -0.129. The van der Waals surface area contributed by atoms with Gasteiger partial charge in [-0.25, -0.2) is 10.5 Å². The Morgan fingerprint density at radius 1 is 1.12 bits per heavy atom. The lowest BCUT2D eigenvalue weighted by Crippen LogP contribution is -2.17. The summed E-state index contributed by atoms with van der Waals surface area (Å²) in [6.45, 7) is 1.46. The molecule has 0 fully saturated rings. The first-order valence-electron chi connectivity index (χ1n) is 10.9. The predicted octanol–water partition coefficient (Wildman–Crippen LogP) is 4.53. The van der Waals surface area contributed by atoms with E-state index in [9.17, 15) is 4.79 Å². The Kier molecular flexibility index (Phi) is 7.54. The molecule has 4 rings (SSSR count). The highest BCUT2D eigenvalue weighted by molar-refractivity contribution is 6.30. The van der Waals surface area contributed by atoms with E-state index < -0.39 is 0 Å². The van der Waals surface area contributed by atoms with Crippen molar-refractivity contribution in [1.82, 2.24) is 29.8 Å². The zero-order valence-electron chi connectivity index (χ0n) is 18.1. The van der Waals surface area contributed by atoms with Gasteiger partial charge in [-0.2, -0.15) is 10.1 Å². The molecule has 3 N–H and O–H groups in total. The normalized spacial score (nSPS) is 11.1. The van der Waals surface area contributed by atoms with Crippen LogP contribution in [0.1, 0.15) is 37.7 Å². The molecule has 0 aliphatic carbocycles. The molecular formula is C23H26ClN7O2. The number of carbonyl (C=O) groups excluding carboxylic acids is 1. The van der Waals surface area contributed by atoms with Crippen molar-refractivity contribution in [1.29, 1.82) is 0 Å². The van der Waals surface area contributed by atoms with E-state index in [0.29, 0.717) is 23.9 Å². The Bertz CT molecular complexity index is 1220. The maximum Gasteiger partial charge on any atom is 0.243 e. The summed E-state index contributed by atoms with van der Waals surface area (Å²) in [6, 6.07) is 9.80. The Morgan fingerprint density at radius 2 is 2.00 bits per heavy atom. The first-order valence-corrected chi connectivity index (χ1v) is 11.3. The minimum atomic E-state index is -0.338. The quantitative estimate of drug-likeness (QED) is 0.170. The number of amides is 1. The summed E-state index contributed by atoms with van der Waals surface area (Å²) in [7, 11) is 0. The summed E-state index contributed by atoms with van der Waals surface area (Å²) in [6.07, 6.45) is 11.5. The highest BCUT2D eigenvalue weighted by atomic mass is 35.5. The SMILES string of the molecule is O=C(CCCCCCn1cc(Nc2ncc3ccn(Cc4cccc(Cl)c4)c3n2)cn1)NO. The van der Waals surface area contributed by atoms with E-state index in [2.05, 4.69) is 20.0 Å². The van der Waals surface area contributed by atoms with Crippen molar-refractivity contribution in [2.45, 2.75) is 45.2 Å². The molecule has 10 heteroatoms. The Balaban J connectivity index is 1.33.